The molecule has 0 atom stereocenters. The number of aromatic carboxylic acids is 2. The molecule has 10 nitrogen and oxygen atoms in total. The van der Waals surface area contributed by atoms with E-state index in [9.17, 15) is 26.4 Å². The van der Waals surface area contributed by atoms with Crippen LogP contribution in [0.5, 0.6) is 0 Å². The Morgan fingerprint density at radius 3 is 1.75 bits per heavy atom. The predicted molar refractivity (Wildman–Crippen MR) is 58.8 cm³/mol. The quantitative estimate of drug-likeness (QED) is 0.520. The van der Waals surface area contributed by atoms with Gasteiger partial charge in [-0.3, -0.25) is 9.11 Å². The topological polar surface area (TPSA) is 183 Å². The van der Waals surface area contributed by atoms with Crippen molar-refractivity contribution in [1.29, 1.82) is 0 Å². The molecule has 1 aromatic rings. The van der Waals surface area contributed by atoms with Gasteiger partial charge in [-0.1, -0.05) is 0 Å². The molecule has 0 spiro atoms. The number of carbonyl (C=O) groups is 2. The molecule has 0 saturated heterocycles. The fraction of sp³-hybridized carbons (Fsp3) is 0. The molecule has 0 bridgehead atoms. The first-order valence-corrected chi connectivity index (χ1v) is 7.25. The van der Waals surface area contributed by atoms with Gasteiger partial charge in [0, 0.05) is 6.07 Å². The first kappa shape index (κ1) is 16.0. The van der Waals surface area contributed by atoms with Crippen LogP contribution in [0.15, 0.2) is 15.9 Å². The zero-order chi connectivity index (χ0) is 15.9. The lowest BCUT2D eigenvalue weighted by molar-refractivity contribution is 0.0647. The summed E-state index contributed by atoms with van der Waals surface area (Å²) in [5, 5.41) is 17.5. The molecule has 4 N–H and O–H groups in total. The van der Waals surface area contributed by atoms with E-state index in [0.29, 0.717) is 6.07 Å². The lowest BCUT2D eigenvalue weighted by Gasteiger charge is -2.10. The molecular weight excluding hydrogens is 320 g/mol. The van der Waals surface area contributed by atoms with Crippen molar-refractivity contribution in [3.05, 3.63) is 23.3 Å². The second-order valence-electron chi connectivity index (χ2n) is 3.30. The maximum absolute atomic E-state index is 11.1. The molecule has 12 heteroatoms. The van der Waals surface area contributed by atoms with Crippen molar-refractivity contribution < 1.29 is 45.7 Å². The van der Waals surface area contributed by atoms with Crippen LogP contribution in [0.2, 0.25) is 0 Å². The van der Waals surface area contributed by atoms with E-state index in [1.165, 1.54) is 0 Å². The fourth-order valence-corrected chi connectivity index (χ4v) is 3.25. The van der Waals surface area contributed by atoms with Crippen molar-refractivity contribution >= 4 is 32.2 Å². The van der Waals surface area contributed by atoms with Gasteiger partial charge in [0.05, 0.1) is 11.1 Å². The first-order valence-electron chi connectivity index (χ1n) is 4.37. The molecule has 0 fully saturated rings. The Kier molecular flexibility index (Phi) is 3.87. The summed E-state index contributed by atoms with van der Waals surface area (Å²) in [4.78, 5) is 18.4. The molecular formula is C8H5O10S2. The molecule has 0 aliphatic carbocycles. The molecule has 0 aliphatic heterocycles. The summed E-state index contributed by atoms with van der Waals surface area (Å²) >= 11 is 0. The van der Waals surface area contributed by atoms with Crippen molar-refractivity contribution in [3.8, 4) is 0 Å². The van der Waals surface area contributed by atoms with Crippen molar-refractivity contribution in [3.63, 3.8) is 0 Å². The van der Waals surface area contributed by atoms with E-state index in [4.69, 9.17) is 19.3 Å². The van der Waals surface area contributed by atoms with E-state index < -0.39 is 53.1 Å². The Morgan fingerprint density at radius 1 is 0.950 bits per heavy atom. The van der Waals surface area contributed by atoms with Crippen molar-refractivity contribution in [2.75, 3.05) is 0 Å². The first-order chi connectivity index (χ1) is 8.87. The summed E-state index contributed by atoms with van der Waals surface area (Å²) in [5.41, 5.74) is -2.64. The number of hydrogen-bond donors (Lipinski definition) is 4. The molecule has 109 valence electrons. The zero-order valence-electron chi connectivity index (χ0n) is 9.13. The van der Waals surface area contributed by atoms with Crippen LogP contribution in [-0.4, -0.2) is 48.1 Å². The number of carboxylic acid groups (broad SMARTS) is 2. The second kappa shape index (κ2) is 4.82. The summed E-state index contributed by atoms with van der Waals surface area (Å²) < 4.78 is 61.8. The van der Waals surface area contributed by atoms with Crippen molar-refractivity contribution in [1.82, 2.24) is 0 Å². The van der Waals surface area contributed by atoms with Gasteiger partial charge in [0.15, 0.2) is 0 Å². The highest BCUT2D eigenvalue weighted by Gasteiger charge is 2.34. The lowest BCUT2D eigenvalue weighted by Crippen LogP contribution is -2.18. The van der Waals surface area contributed by atoms with Crippen molar-refractivity contribution in [2.24, 2.45) is 0 Å². The average Bonchev–Trinajstić information content (AvgIpc) is 2.24. The van der Waals surface area contributed by atoms with E-state index in [1.54, 1.807) is 6.07 Å². The third-order valence-electron chi connectivity index (χ3n) is 2.01. The van der Waals surface area contributed by atoms with Gasteiger partial charge in [0.25, 0.3) is 20.2 Å². The van der Waals surface area contributed by atoms with Gasteiger partial charge in [0.2, 0.25) is 0 Å². The zero-order valence-corrected chi connectivity index (χ0v) is 10.8. The Bertz CT molecular complexity index is 802. The predicted octanol–water partition coefficient (Wildman–Crippen LogP) is -0.623. The maximum Gasteiger partial charge on any atom is 0.338 e. The summed E-state index contributed by atoms with van der Waals surface area (Å²) in [5.74, 6) is -4.03. The van der Waals surface area contributed by atoms with E-state index in [1.807, 2.05) is 0 Å². The molecule has 0 aliphatic rings. The minimum atomic E-state index is -5.46. The Hall–Kier alpha value is -2.02. The molecule has 0 aromatic heterocycles. The maximum atomic E-state index is 11.1. The minimum absolute atomic E-state index is 0.351. The van der Waals surface area contributed by atoms with Crippen LogP contribution in [0.4, 0.5) is 0 Å². The third kappa shape index (κ3) is 2.93. The summed E-state index contributed by atoms with van der Waals surface area (Å²) in [6, 6.07) is 1.96. The van der Waals surface area contributed by atoms with Crippen LogP contribution in [0, 0.1) is 6.07 Å². The molecule has 1 rings (SSSR count). The third-order valence-corrected chi connectivity index (χ3v) is 3.90. The van der Waals surface area contributed by atoms with E-state index in [2.05, 4.69) is 0 Å². The van der Waals surface area contributed by atoms with Gasteiger partial charge < -0.3 is 10.2 Å². The highest BCUT2D eigenvalue weighted by molar-refractivity contribution is 7.89. The van der Waals surface area contributed by atoms with Gasteiger partial charge in [-0.25, -0.2) is 9.59 Å². The molecule has 20 heavy (non-hydrogen) atoms. The van der Waals surface area contributed by atoms with Crippen LogP contribution in [-0.2, 0) is 20.2 Å². The normalized spacial score (nSPS) is 12.1. The summed E-state index contributed by atoms with van der Waals surface area (Å²) in [6.45, 7) is 0. The number of rotatable bonds is 4. The van der Waals surface area contributed by atoms with E-state index >= 15 is 0 Å². The molecule has 0 unspecified atom stereocenters. The van der Waals surface area contributed by atoms with Crippen LogP contribution < -0.4 is 0 Å². The van der Waals surface area contributed by atoms with Crippen LogP contribution in [0.3, 0.4) is 0 Å². The largest absolute Gasteiger partial charge is 0.478 e. The lowest BCUT2D eigenvalue weighted by atomic mass is 10.1. The SMILES string of the molecule is O=C(O)c1c[c]c(S(=O)(=O)O)c(S(=O)(=O)O)c1C(=O)O. The molecule has 0 saturated carbocycles. The van der Waals surface area contributed by atoms with E-state index in [0.717, 1.165) is 0 Å². The minimum Gasteiger partial charge on any atom is -0.478 e. The smallest absolute Gasteiger partial charge is 0.338 e. The van der Waals surface area contributed by atoms with Gasteiger partial charge in [0.1, 0.15) is 9.79 Å². The second-order valence-corrected chi connectivity index (χ2v) is 6.01. The Labute approximate surface area is 111 Å². The van der Waals surface area contributed by atoms with Gasteiger partial charge in [-0.15, -0.1) is 0 Å². The Balaban J connectivity index is 4.13. The number of hydrogen-bond acceptors (Lipinski definition) is 6. The highest BCUT2D eigenvalue weighted by atomic mass is 32.2. The highest BCUT2D eigenvalue weighted by Crippen LogP contribution is 2.27. The molecule has 0 amide bonds. The Morgan fingerprint density at radius 2 is 1.45 bits per heavy atom. The molecule has 1 aromatic carbocycles. The monoisotopic (exact) mass is 325 g/mol. The van der Waals surface area contributed by atoms with Crippen molar-refractivity contribution in [2.45, 2.75) is 9.79 Å². The standard InChI is InChI=1S/C8H5O10S2/c9-7(10)3-1-2-4(19(13,14)15)6(20(16,17)18)5(3)8(11)12/h1H,(H,9,10)(H,11,12)(H,13,14,15)(H,16,17,18). The number of carboxylic acids is 2. The van der Waals surface area contributed by atoms with Crippen LogP contribution in [0.1, 0.15) is 20.7 Å². The molecule has 0 heterocycles. The van der Waals surface area contributed by atoms with Gasteiger partial charge >= 0.3 is 11.9 Å². The van der Waals surface area contributed by atoms with Gasteiger partial charge in [-0.2, -0.15) is 16.8 Å². The molecule has 1 radical (unpaired) electrons. The summed E-state index contributed by atoms with van der Waals surface area (Å²) in [7, 11) is -10.7. The van der Waals surface area contributed by atoms with Crippen LogP contribution >= 0.6 is 0 Å². The van der Waals surface area contributed by atoms with E-state index in [-0.39, 0.29) is 0 Å². The number of benzene rings is 1. The van der Waals surface area contributed by atoms with Gasteiger partial charge in [-0.05, 0) is 6.07 Å². The van der Waals surface area contributed by atoms with Crippen LogP contribution in [0.25, 0.3) is 0 Å². The average molecular weight is 325 g/mol. The fourth-order valence-electron chi connectivity index (χ4n) is 1.33. The summed E-state index contributed by atoms with van der Waals surface area (Å²) in [6.07, 6.45) is 0.